The molecule has 17 rings (SSSR count). The van der Waals surface area contributed by atoms with Crippen LogP contribution >= 0.6 is 15.8 Å². The fourth-order valence-electron chi connectivity index (χ4n) is 12.6. The largest absolute Gasteiger partial charge is 1.00 e. The smallest absolute Gasteiger partial charge is 0.511 e. The van der Waals surface area contributed by atoms with Crippen molar-refractivity contribution in [3.05, 3.63) is 361 Å². The number of aromatic nitrogens is 4. The minimum absolute atomic E-state index is 0. The van der Waals surface area contributed by atoms with Gasteiger partial charge in [0.25, 0.3) is 0 Å². The number of pyridine rings is 2. The van der Waals surface area contributed by atoms with E-state index in [0.29, 0.717) is 33.4 Å². The minimum Gasteiger partial charge on any atom is -0.511 e. The summed E-state index contributed by atoms with van der Waals surface area (Å²) in [4.78, 5) is 17.0. The van der Waals surface area contributed by atoms with Crippen LogP contribution in [0.15, 0.2) is 292 Å². The maximum absolute atomic E-state index is 8.80. The van der Waals surface area contributed by atoms with Gasteiger partial charge in [-0.15, -0.1) is 59.2 Å². The third kappa shape index (κ3) is 15.8. The van der Waals surface area contributed by atoms with Gasteiger partial charge in [-0.3, -0.25) is 9.97 Å². The van der Waals surface area contributed by atoms with E-state index in [2.05, 4.69) is 203 Å². The molecule has 505 valence electrons. The molecule has 0 aliphatic carbocycles. The van der Waals surface area contributed by atoms with E-state index < -0.39 is 27.9 Å². The molecule has 2 aliphatic heterocycles. The zero-order valence-corrected chi connectivity index (χ0v) is 63.8. The fourth-order valence-corrected chi connectivity index (χ4v) is 17.7. The third-order valence-corrected chi connectivity index (χ3v) is 22.8. The molecule has 0 amide bonds. The molecule has 1 radical (unpaired) electrons. The Bertz CT molecular complexity index is 6120. The molecule has 8 nitrogen and oxygen atoms in total. The summed E-state index contributed by atoms with van der Waals surface area (Å²) in [6.45, 7) is 14.4. The Morgan fingerprint density at radius 2 is 0.792 bits per heavy atom. The monoisotopic (exact) mass is 1730 g/mol. The van der Waals surface area contributed by atoms with Crippen molar-refractivity contribution in [3.63, 3.8) is 0 Å². The first-order valence-corrected chi connectivity index (χ1v) is 35.8. The second-order valence-electron chi connectivity index (χ2n) is 24.3. The number of fused-ring (bicyclic) bond motifs is 12. The third-order valence-electron chi connectivity index (χ3n) is 17.2. The molecule has 15 aromatic rings. The summed E-state index contributed by atoms with van der Waals surface area (Å²) in [7, 11) is 2.26. The number of imidazole rings is 2. The number of benzene rings is 11. The molecule has 0 fully saturated rings. The quantitative estimate of drug-likeness (QED) is 0.0690. The van der Waals surface area contributed by atoms with Crippen molar-refractivity contribution in [2.45, 2.75) is 53.9 Å². The average Bonchev–Trinajstić information content (AvgIpc) is 1.55. The maximum Gasteiger partial charge on any atom is 1.00 e. The Kier molecular flexibility index (Phi) is 16.1. The molecule has 0 saturated heterocycles. The Morgan fingerprint density at radius 1 is 0.426 bits per heavy atom. The van der Waals surface area contributed by atoms with Crippen molar-refractivity contribution in [2.24, 2.45) is 0 Å². The molecule has 0 unspecified atom stereocenters. The van der Waals surface area contributed by atoms with Crippen LogP contribution in [0.2, 0.25) is 0 Å². The number of rotatable bonds is 12. The summed E-state index contributed by atoms with van der Waals surface area (Å²) >= 11 is 0. The molecule has 0 N–H and O–H groups in total. The first-order valence-electron chi connectivity index (χ1n) is 42.4. The van der Waals surface area contributed by atoms with Crippen LogP contribution in [0.1, 0.15) is 71.9 Å². The maximum atomic E-state index is 8.80. The van der Waals surface area contributed by atoms with Crippen molar-refractivity contribution in [1.82, 2.24) is 38.4 Å². The second-order valence-corrected chi connectivity index (χ2v) is 29.3. The first kappa shape index (κ1) is 50.1. The van der Waals surface area contributed by atoms with Crippen LogP contribution in [0.4, 0.5) is 0 Å². The summed E-state index contributed by atoms with van der Waals surface area (Å²) in [5, 5.41) is 6.55. The van der Waals surface area contributed by atoms with Gasteiger partial charge in [0.1, 0.15) is 0 Å². The van der Waals surface area contributed by atoms with Crippen LogP contribution < -0.4 is 21.2 Å². The van der Waals surface area contributed by atoms with Gasteiger partial charge >= 0.3 is 19.8 Å². The van der Waals surface area contributed by atoms with Gasteiger partial charge in [0.2, 0.25) is 0 Å². The van der Waals surface area contributed by atoms with E-state index in [1.165, 1.54) is 55.0 Å². The van der Waals surface area contributed by atoms with E-state index in [0.717, 1.165) is 19.0 Å². The summed E-state index contributed by atoms with van der Waals surface area (Å²) < 4.78 is 172. The molecule has 2 aliphatic rings. The van der Waals surface area contributed by atoms with Gasteiger partial charge < -0.3 is 28.4 Å². The van der Waals surface area contributed by atoms with Gasteiger partial charge in [-0.2, -0.15) is 13.3 Å². The van der Waals surface area contributed by atoms with Crippen LogP contribution in [-0.4, -0.2) is 59.1 Å². The molecule has 0 bridgehead atoms. The van der Waals surface area contributed by atoms with E-state index in [4.69, 9.17) is 27.4 Å². The van der Waals surface area contributed by atoms with Gasteiger partial charge in [-0.1, -0.05) is 173 Å². The van der Waals surface area contributed by atoms with Gasteiger partial charge in [-0.25, -0.2) is 0 Å². The van der Waals surface area contributed by atoms with Crippen molar-refractivity contribution >= 4 is 91.7 Å². The minimum atomic E-state index is -0.892. The Balaban J connectivity index is 0.000000153. The second kappa shape index (κ2) is 32.5. The topological polar surface area (TPSA) is 47.6 Å². The number of nitrogens with zero attached hydrogens (tertiary/aromatic N) is 8. The Hall–Kier alpha value is -9.35. The van der Waals surface area contributed by atoms with Gasteiger partial charge in [0.15, 0.2) is 0 Å². The van der Waals surface area contributed by atoms with E-state index in [1.807, 2.05) is 36.3 Å². The van der Waals surface area contributed by atoms with Crippen LogP contribution in [-0.2, 0) is 51.9 Å². The van der Waals surface area contributed by atoms with Crippen LogP contribution in [0.5, 0.6) is 0 Å². The van der Waals surface area contributed by atoms with Gasteiger partial charge in [0.05, 0.1) is 91.3 Å². The van der Waals surface area contributed by atoms with Crippen molar-refractivity contribution < 1.29 is 67.0 Å². The summed E-state index contributed by atoms with van der Waals surface area (Å²) in [5.41, 5.74) is 5.67. The number of hydrogen-bond acceptors (Lipinski definition) is 6. The van der Waals surface area contributed by atoms with E-state index in [1.54, 1.807) is 27.7 Å². The van der Waals surface area contributed by atoms with Crippen LogP contribution in [0.3, 0.4) is 0 Å². The van der Waals surface area contributed by atoms with Crippen molar-refractivity contribution in [2.75, 3.05) is 20.8 Å². The van der Waals surface area contributed by atoms with Crippen LogP contribution in [0, 0.1) is 67.0 Å². The van der Waals surface area contributed by atoms with Crippen molar-refractivity contribution in [1.29, 1.82) is 0 Å². The average molecular weight is 1730 g/mol. The normalized spacial score (nSPS) is 15.2. The first-order chi connectivity index (χ1) is 56.7. The molecule has 4 aromatic heterocycles. The van der Waals surface area contributed by atoms with Crippen molar-refractivity contribution in [3.8, 4) is 22.5 Å². The van der Waals surface area contributed by atoms with E-state index in [-0.39, 0.29) is 226 Å². The molecule has 0 spiro atoms. The standard InChI is InChI=1S/C32H28P2.2C24H19N2.C9H14N4.2Os/c1-5-16-29(17-6-1)33(30-18-7-2-8-19-30)25-27-14-13-15-28(24-27)26-34(31-20-9-3-10-21-31)32-22-11-4-12-23-32;2*1-15-11-12-21-20(13-15)18-9-4-5-10-19(18)24-25-14-22(26(21)24)23-16(2)7-6-8-17(23)3;1-10-3-5-12(7-10)9-13-6-4-11(2)8-13;;/h1-24H,25-26H2;2*4-9,11-14H,1-3H3;3-8H,9H2,1-2H3;;/q;2*-1;-2;;+1/p+2/i;2*4D,5D,6D,7D,8D,9D,11D,12D,13D,14D;;;. The SMILES string of the molecule is CN1C=CN(CN2C=CN(C)[CH-]2)[CH-]1.[2H]c1[c-]c2c(c([2H])c1[2H])c1c([2H])c(C)c([2H])c([2H])c1n1c(-c3c(C)c([2H])c([2H])c([2H])c3C)c([2H])nc21.[2H]c1[c-]c2c(c([2H])c1[2H])c1c([2H])c(C)c([2H])c([2H])c1n1c(-c3c(C)c([2H])c([2H])c([2H])c3C)c([2H])nc21.[Os+].[Os].c1ccc([PH+](Cc2cccc(C[PH+](c3ccccc3)c3ccccc3)c2)c2ccccc2)cc1. The molecule has 11 aromatic carbocycles. The molecule has 101 heavy (non-hydrogen) atoms. The zero-order chi connectivity index (χ0) is 85.3. The molecular formula is C89H82N8Os2P2-. The Morgan fingerprint density at radius 3 is 1.14 bits per heavy atom. The summed E-state index contributed by atoms with van der Waals surface area (Å²) in [6.07, 6.45) is 9.83. The van der Waals surface area contributed by atoms with E-state index >= 15 is 0 Å². The Labute approximate surface area is 652 Å². The summed E-state index contributed by atoms with van der Waals surface area (Å²) in [6, 6.07) is 54.5. The molecular weight excluding hydrogens is 1620 g/mol. The van der Waals surface area contributed by atoms with Gasteiger partial charge in [0, 0.05) is 66.4 Å². The van der Waals surface area contributed by atoms with Crippen LogP contribution in [0.25, 0.3) is 77.2 Å². The van der Waals surface area contributed by atoms with E-state index in [9.17, 15) is 0 Å². The predicted molar refractivity (Wildman–Crippen MR) is 423 cm³/mol. The predicted octanol–water partition coefficient (Wildman–Crippen LogP) is 19.1. The number of hydrogen-bond donors (Lipinski definition) is 0. The molecule has 0 atom stereocenters. The summed E-state index contributed by atoms with van der Waals surface area (Å²) in [5.74, 6) is 0. The zero-order valence-electron chi connectivity index (χ0n) is 76.7. The molecule has 0 saturated carbocycles. The fraction of sp³-hybridized carbons (Fsp3) is 0.124. The molecule has 6 heterocycles. The van der Waals surface area contributed by atoms with Gasteiger partial charge in [-0.05, 0) is 194 Å². The molecule has 12 heteroatoms.